The van der Waals surface area contributed by atoms with E-state index in [1.54, 1.807) is 6.20 Å². The number of nitrogens with zero attached hydrogens (tertiary/aromatic N) is 2. The summed E-state index contributed by atoms with van der Waals surface area (Å²) in [6, 6.07) is 1.99. The summed E-state index contributed by atoms with van der Waals surface area (Å²) < 4.78 is 0. The third-order valence-corrected chi connectivity index (χ3v) is 3.61. The predicted molar refractivity (Wildman–Crippen MR) is 59.1 cm³/mol. The molecule has 5 heteroatoms. The Kier molecular flexibility index (Phi) is 2.14. The highest BCUT2D eigenvalue weighted by atomic mass is 16.1. The number of nitrogens with one attached hydrogen (secondary N) is 2. The maximum absolute atomic E-state index is 11.7. The molecule has 0 unspecified atom stereocenters. The Bertz CT molecular complexity index is 426. The summed E-state index contributed by atoms with van der Waals surface area (Å²) >= 11 is 0. The number of hydrogen-bond donors (Lipinski definition) is 2. The molecule has 2 N–H and O–H groups in total. The van der Waals surface area contributed by atoms with E-state index < -0.39 is 0 Å². The van der Waals surface area contributed by atoms with Gasteiger partial charge in [0.05, 0.1) is 6.20 Å². The first-order valence-corrected chi connectivity index (χ1v) is 5.63. The van der Waals surface area contributed by atoms with Crippen LogP contribution in [0.1, 0.15) is 24.8 Å². The molecule has 0 saturated carbocycles. The minimum absolute atomic E-state index is 0.0150. The quantitative estimate of drug-likeness (QED) is 0.663. The van der Waals surface area contributed by atoms with E-state index in [2.05, 4.69) is 20.8 Å². The number of fused-ring (bicyclic) bond motifs is 2. The van der Waals surface area contributed by atoms with Crippen molar-refractivity contribution in [3.8, 4) is 0 Å². The number of aromatic nitrogens is 2. The van der Waals surface area contributed by atoms with Crippen LogP contribution in [0.25, 0.3) is 0 Å². The minimum Gasteiger partial charge on any atom is -0.317 e. The molecular formula is C11H14N4O. The number of amides is 1. The van der Waals surface area contributed by atoms with E-state index in [0.29, 0.717) is 12.2 Å². The van der Waals surface area contributed by atoms with Gasteiger partial charge in [-0.2, -0.15) is 5.10 Å². The van der Waals surface area contributed by atoms with Gasteiger partial charge in [-0.25, -0.2) is 0 Å². The Hall–Kier alpha value is -1.49. The number of piperidine rings is 1. The zero-order valence-corrected chi connectivity index (χ0v) is 8.99. The van der Waals surface area contributed by atoms with Gasteiger partial charge in [0, 0.05) is 17.4 Å². The predicted octanol–water partition coefficient (Wildman–Crippen LogP) is 0.440. The van der Waals surface area contributed by atoms with Gasteiger partial charge in [-0.15, -0.1) is 5.10 Å². The van der Waals surface area contributed by atoms with Crippen LogP contribution in [0.3, 0.4) is 0 Å². The summed E-state index contributed by atoms with van der Waals surface area (Å²) in [6.07, 6.45) is 4.28. The molecule has 1 saturated heterocycles. The van der Waals surface area contributed by atoms with Gasteiger partial charge in [0.2, 0.25) is 5.91 Å². The number of hydrogen-bond acceptors (Lipinski definition) is 4. The topological polar surface area (TPSA) is 66.9 Å². The van der Waals surface area contributed by atoms with E-state index in [4.69, 9.17) is 0 Å². The molecular weight excluding hydrogens is 204 g/mol. The maximum atomic E-state index is 11.7. The lowest BCUT2D eigenvalue weighted by molar-refractivity contribution is -0.118. The highest BCUT2D eigenvalue weighted by molar-refractivity contribution is 5.94. The van der Waals surface area contributed by atoms with Crippen LogP contribution in [-0.4, -0.2) is 29.2 Å². The van der Waals surface area contributed by atoms with Crippen molar-refractivity contribution in [3.05, 3.63) is 17.8 Å². The van der Waals surface area contributed by atoms with Crippen LogP contribution >= 0.6 is 0 Å². The standard InChI is InChI=1S/C11H14N4O/c16-9-7-11(2-5-12-6-3-11)8-1-4-13-15-10(8)14-9/h1,4,12H,2-3,5-7H2,(H,14,15,16). The van der Waals surface area contributed by atoms with Gasteiger partial charge in [0.25, 0.3) is 0 Å². The first kappa shape index (κ1) is 9.72. The van der Waals surface area contributed by atoms with Crippen molar-refractivity contribution >= 4 is 11.7 Å². The minimum atomic E-state index is -0.0150. The van der Waals surface area contributed by atoms with Crippen molar-refractivity contribution in [3.63, 3.8) is 0 Å². The van der Waals surface area contributed by atoms with E-state index in [1.807, 2.05) is 6.07 Å². The molecule has 0 radical (unpaired) electrons. The highest BCUT2D eigenvalue weighted by Crippen LogP contribution is 2.42. The van der Waals surface area contributed by atoms with Crippen LogP contribution in [-0.2, 0) is 10.2 Å². The Morgan fingerprint density at radius 1 is 1.31 bits per heavy atom. The van der Waals surface area contributed by atoms with Gasteiger partial charge in [0.15, 0.2) is 5.82 Å². The second-order valence-electron chi connectivity index (χ2n) is 4.55. The molecule has 3 heterocycles. The maximum Gasteiger partial charge on any atom is 0.226 e. The van der Waals surface area contributed by atoms with E-state index in [0.717, 1.165) is 31.5 Å². The molecule has 1 aromatic heterocycles. The molecule has 1 amide bonds. The Labute approximate surface area is 93.6 Å². The largest absolute Gasteiger partial charge is 0.317 e. The number of carbonyl (C=O) groups is 1. The van der Waals surface area contributed by atoms with E-state index in [9.17, 15) is 4.79 Å². The van der Waals surface area contributed by atoms with Crippen LogP contribution in [0, 0.1) is 0 Å². The summed E-state index contributed by atoms with van der Waals surface area (Å²) in [7, 11) is 0. The molecule has 0 bridgehead atoms. The monoisotopic (exact) mass is 218 g/mol. The van der Waals surface area contributed by atoms with Gasteiger partial charge in [-0.3, -0.25) is 4.79 Å². The van der Waals surface area contributed by atoms with Crippen LogP contribution in [0.5, 0.6) is 0 Å². The van der Waals surface area contributed by atoms with Crippen molar-refractivity contribution < 1.29 is 4.79 Å². The third-order valence-electron chi connectivity index (χ3n) is 3.61. The van der Waals surface area contributed by atoms with Crippen LogP contribution < -0.4 is 10.6 Å². The van der Waals surface area contributed by atoms with Crippen LogP contribution in [0.15, 0.2) is 12.3 Å². The lowest BCUT2D eigenvalue weighted by Gasteiger charge is -2.40. The van der Waals surface area contributed by atoms with Gasteiger partial charge >= 0.3 is 0 Å². The number of rotatable bonds is 0. The molecule has 2 aliphatic rings. The van der Waals surface area contributed by atoms with Crippen molar-refractivity contribution in [2.45, 2.75) is 24.7 Å². The highest BCUT2D eigenvalue weighted by Gasteiger charge is 2.41. The second kappa shape index (κ2) is 3.52. The van der Waals surface area contributed by atoms with Gasteiger partial charge in [0.1, 0.15) is 0 Å². The fourth-order valence-corrected chi connectivity index (χ4v) is 2.78. The third kappa shape index (κ3) is 1.39. The smallest absolute Gasteiger partial charge is 0.226 e. The van der Waals surface area contributed by atoms with Crippen molar-refractivity contribution in [1.82, 2.24) is 15.5 Å². The Morgan fingerprint density at radius 3 is 2.94 bits per heavy atom. The van der Waals surface area contributed by atoms with E-state index >= 15 is 0 Å². The Balaban J connectivity index is 2.08. The lowest BCUT2D eigenvalue weighted by atomic mass is 9.69. The molecule has 0 aliphatic carbocycles. The number of anilines is 1. The molecule has 0 aromatic carbocycles. The van der Waals surface area contributed by atoms with Gasteiger partial charge < -0.3 is 10.6 Å². The van der Waals surface area contributed by atoms with Gasteiger partial charge in [-0.1, -0.05) is 0 Å². The number of carbonyl (C=O) groups excluding carboxylic acids is 1. The van der Waals surface area contributed by atoms with Gasteiger partial charge in [-0.05, 0) is 32.0 Å². The summed E-state index contributed by atoms with van der Waals surface area (Å²) in [6.45, 7) is 1.93. The van der Waals surface area contributed by atoms with Crippen LogP contribution in [0.2, 0.25) is 0 Å². The summed E-state index contributed by atoms with van der Waals surface area (Å²) in [4.78, 5) is 11.7. The zero-order chi connectivity index (χ0) is 11.0. The van der Waals surface area contributed by atoms with Crippen molar-refractivity contribution in [2.24, 2.45) is 0 Å². The summed E-state index contributed by atoms with van der Waals surface area (Å²) in [5.74, 6) is 0.718. The molecule has 3 rings (SSSR count). The molecule has 0 atom stereocenters. The lowest BCUT2D eigenvalue weighted by Crippen LogP contribution is -2.45. The Morgan fingerprint density at radius 2 is 2.12 bits per heavy atom. The van der Waals surface area contributed by atoms with E-state index in [-0.39, 0.29) is 11.3 Å². The fourth-order valence-electron chi connectivity index (χ4n) is 2.78. The SMILES string of the molecule is O=C1CC2(CCNCC2)c2ccnnc2N1. The molecule has 2 aliphatic heterocycles. The average molecular weight is 218 g/mol. The average Bonchev–Trinajstić information content (AvgIpc) is 2.30. The van der Waals surface area contributed by atoms with Crippen molar-refractivity contribution in [1.29, 1.82) is 0 Å². The molecule has 84 valence electrons. The summed E-state index contributed by atoms with van der Waals surface area (Å²) in [5, 5.41) is 14.0. The molecule has 1 aromatic rings. The second-order valence-corrected chi connectivity index (χ2v) is 4.55. The molecule has 16 heavy (non-hydrogen) atoms. The van der Waals surface area contributed by atoms with E-state index in [1.165, 1.54) is 0 Å². The first-order chi connectivity index (χ1) is 7.80. The normalized spacial score (nSPS) is 22.6. The zero-order valence-electron chi connectivity index (χ0n) is 8.99. The fraction of sp³-hybridized carbons (Fsp3) is 0.545. The molecule has 5 nitrogen and oxygen atoms in total. The summed E-state index contributed by atoms with van der Waals surface area (Å²) in [5.41, 5.74) is 1.14. The molecule has 1 spiro atoms. The van der Waals surface area contributed by atoms with Crippen LogP contribution in [0.4, 0.5) is 5.82 Å². The molecule has 1 fully saturated rings. The van der Waals surface area contributed by atoms with Crippen molar-refractivity contribution in [2.75, 3.05) is 18.4 Å². The first-order valence-electron chi connectivity index (χ1n) is 5.63.